The van der Waals surface area contributed by atoms with Crippen molar-refractivity contribution >= 4 is 0 Å². The van der Waals surface area contributed by atoms with Gasteiger partial charge in [-0.2, -0.15) is 0 Å². The van der Waals surface area contributed by atoms with E-state index in [1.54, 1.807) is 12.1 Å². The first-order valence-corrected chi connectivity index (χ1v) is 5.82. The maximum atomic E-state index is 9.39. The maximum absolute atomic E-state index is 9.39. The van der Waals surface area contributed by atoms with Crippen LogP contribution in [0, 0.1) is 0 Å². The van der Waals surface area contributed by atoms with Crippen LogP contribution in [0.2, 0.25) is 0 Å². The first-order valence-electron chi connectivity index (χ1n) is 5.82. The fourth-order valence-corrected chi connectivity index (χ4v) is 1.98. The van der Waals surface area contributed by atoms with Gasteiger partial charge in [-0.15, -0.1) is 0 Å². The Morgan fingerprint density at radius 1 is 1.06 bits per heavy atom. The van der Waals surface area contributed by atoms with Gasteiger partial charge in [-0.3, -0.25) is 0 Å². The molecule has 1 saturated heterocycles. The second kappa shape index (κ2) is 4.76. The van der Waals surface area contributed by atoms with Gasteiger partial charge in [0.15, 0.2) is 6.29 Å². The van der Waals surface area contributed by atoms with Gasteiger partial charge in [-0.1, -0.05) is 24.3 Å². The average Bonchev–Trinajstić information content (AvgIpc) is 2.93. The summed E-state index contributed by atoms with van der Waals surface area (Å²) in [6.07, 6.45) is -0.290. The predicted molar refractivity (Wildman–Crippen MR) is 66.0 cm³/mol. The molecular weight excluding hydrogens is 230 g/mol. The largest absolute Gasteiger partial charge is 0.493 e. The molecule has 0 radical (unpaired) electrons. The molecule has 2 heterocycles. The molecule has 3 rings (SSSR count). The summed E-state index contributed by atoms with van der Waals surface area (Å²) < 4.78 is 10.9. The Morgan fingerprint density at radius 2 is 1.83 bits per heavy atom. The highest BCUT2D eigenvalue weighted by Gasteiger charge is 2.18. The summed E-state index contributed by atoms with van der Waals surface area (Å²) in [4.78, 5) is 4.09. The second-order valence-corrected chi connectivity index (χ2v) is 4.08. The highest BCUT2D eigenvalue weighted by molar-refractivity contribution is 5.60. The van der Waals surface area contributed by atoms with Crippen molar-refractivity contribution < 1.29 is 14.6 Å². The molecule has 0 bridgehead atoms. The summed E-state index contributed by atoms with van der Waals surface area (Å²) in [7, 11) is 0. The number of aromatic nitrogens is 1. The molecule has 2 aromatic rings. The van der Waals surface area contributed by atoms with Crippen LogP contribution in [-0.2, 0) is 9.47 Å². The van der Waals surface area contributed by atoms with Crippen molar-refractivity contribution in [1.29, 1.82) is 0 Å². The van der Waals surface area contributed by atoms with Crippen molar-refractivity contribution in [3.63, 3.8) is 0 Å². The van der Waals surface area contributed by atoms with E-state index in [1.165, 1.54) is 0 Å². The van der Waals surface area contributed by atoms with E-state index in [0.717, 1.165) is 16.8 Å². The van der Waals surface area contributed by atoms with Crippen molar-refractivity contribution in [2.24, 2.45) is 0 Å². The number of hydrogen-bond acceptors (Lipinski definition) is 4. The zero-order chi connectivity index (χ0) is 12.4. The first-order chi connectivity index (χ1) is 8.83. The van der Waals surface area contributed by atoms with Gasteiger partial charge in [-0.05, 0) is 12.1 Å². The number of ether oxygens (including phenoxy) is 2. The molecule has 0 atom stereocenters. The maximum Gasteiger partial charge on any atom is 0.211 e. The molecule has 0 unspecified atom stereocenters. The van der Waals surface area contributed by atoms with Crippen molar-refractivity contribution in [3.05, 3.63) is 48.0 Å². The van der Waals surface area contributed by atoms with Crippen LogP contribution in [-0.4, -0.2) is 23.3 Å². The Bertz CT molecular complexity index is 550. The van der Waals surface area contributed by atoms with Crippen LogP contribution in [0.4, 0.5) is 0 Å². The number of hydrogen-bond donors (Lipinski definition) is 1. The lowest BCUT2D eigenvalue weighted by atomic mass is 10.1. The molecule has 0 saturated carbocycles. The third kappa shape index (κ3) is 2.20. The fraction of sp³-hybridized carbons (Fsp3) is 0.214. The van der Waals surface area contributed by atoms with Crippen LogP contribution in [0.3, 0.4) is 0 Å². The Labute approximate surface area is 105 Å². The molecular formula is C14H13NO3. The Morgan fingerprint density at radius 3 is 2.61 bits per heavy atom. The van der Waals surface area contributed by atoms with E-state index < -0.39 is 0 Å². The van der Waals surface area contributed by atoms with E-state index in [1.807, 2.05) is 30.3 Å². The number of nitrogens with zero attached hydrogens (tertiary/aromatic N) is 1. The van der Waals surface area contributed by atoms with E-state index in [9.17, 15) is 5.11 Å². The van der Waals surface area contributed by atoms with E-state index in [0.29, 0.717) is 13.2 Å². The number of pyridine rings is 1. The number of aromatic hydroxyl groups is 1. The third-order valence-electron chi connectivity index (χ3n) is 2.81. The third-order valence-corrected chi connectivity index (χ3v) is 2.81. The van der Waals surface area contributed by atoms with Crippen molar-refractivity contribution in [2.75, 3.05) is 13.2 Å². The summed E-state index contributed by atoms with van der Waals surface area (Å²) >= 11 is 0. The van der Waals surface area contributed by atoms with E-state index >= 15 is 0 Å². The lowest BCUT2D eigenvalue weighted by Crippen LogP contribution is -1.98. The minimum Gasteiger partial charge on any atom is -0.493 e. The summed E-state index contributed by atoms with van der Waals surface area (Å²) in [5.74, 6) is 0.0197. The van der Waals surface area contributed by atoms with Crippen LogP contribution in [0.5, 0.6) is 5.88 Å². The molecule has 1 fully saturated rings. The standard InChI is InChI=1S/C14H13NO3/c16-13-6-2-5-12(15-13)10-3-1-4-11(9-10)14-17-7-8-18-14/h1-6,9,14H,7-8H2,(H,15,16). The fourth-order valence-electron chi connectivity index (χ4n) is 1.98. The zero-order valence-electron chi connectivity index (χ0n) is 9.74. The quantitative estimate of drug-likeness (QED) is 0.880. The first kappa shape index (κ1) is 11.2. The monoisotopic (exact) mass is 243 g/mol. The highest BCUT2D eigenvalue weighted by Crippen LogP contribution is 2.27. The summed E-state index contributed by atoms with van der Waals surface area (Å²) in [6.45, 7) is 1.25. The van der Waals surface area contributed by atoms with Gasteiger partial charge in [0.25, 0.3) is 0 Å². The van der Waals surface area contributed by atoms with Crippen molar-refractivity contribution in [2.45, 2.75) is 6.29 Å². The smallest absolute Gasteiger partial charge is 0.211 e. The van der Waals surface area contributed by atoms with E-state index in [2.05, 4.69) is 4.98 Å². The van der Waals surface area contributed by atoms with Gasteiger partial charge in [0, 0.05) is 17.2 Å². The minimum atomic E-state index is -0.290. The molecule has 4 nitrogen and oxygen atoms in total. The van der Waals surface area contributed by atoms with Crippen LogP contribution in [0.25, 0.3) is 11.3 Å². The molecule has 0 aliphatic carbocycles. The van der Waals surface area contributed by atoms with Gasteiger partial charge in [0.1, 0.15) is 0 Å². The van der Waals surface area contributed by atoms with Crippen LogP contribution in [0.15, 0.2) is 42.5 Å². The Balaban J connectivity index is 1.95. The topological polar surface area (TPSA) is 51.6 Å². The van der Waals surface area contributed by atoms with E-state index in [-0.39, 0.29) is 12.2 Å². The molecule has 92 valence electrons. The predicted octanol–water partition coefficient (Wildman–Crippen LogP) is 2.50. The molecule has 18 heavy (non-hydrogen) atoms. The molecule has 1 aliphatic heterocycles. The SMILES string of the molecule is Oc1cccc(-c2cccc(C3OCCO3)c2)n1. The molecule has 0 amide bonds. The van der Waals surface area contributed by atoms with Gasteiger partial charge in [0.2, 0.25) is 5.88 Å². The van der Waals surface area contributed by atoms with Crippen LogP contribution < -0.4 is 0 Å². The lowest BCUT2D eigenvalue weighted by molar-refractivity contribution is -0.0440. The highest BCUT2D eigenvalue weighted by atomic mass is 16.7. The van der Waals surface area contributed by atoms with Crippen molar-refractivity contribution in [3.8, 4) is 17.1 Å². The molecule has 1 aliphatic rings. The zero-order valence-corrected chi connectivity index (χ0v) is 9.74. The Kier molecular flexibility index (Phi) is 2.96. The van der Waals surface area contributed by atoms with Gasteiger partial charge < -0.3 is 14.6 Å². The summed E-state index contributed by atoms with van der Waals surface area (Å²) in [5, 5.41) is 9.39. The molecule has 0 spiro atoms. The normalized spacial score (nSPS) is 16.0. The minimum absolute atomic E-state index is 0.0197. The number of rotatable bonds is 2. The summed E-state index contributed by atoms with van der Waals surface area (Å²) in [5.41, 5.74) is 2.63. The molecule has 1 aromatic heterocycles. The molecule has 1 N–H and O–H groups in total. The number of benzene rings is 1. The Hall–Kier alpha value is -1.91. The molecule has 4 heteroatoms. The van der Waals surface area contributed by atoms with Crippen LogP contribution in [0.1, 0.15) is 11.9 Å². The van der Waals surface area contributed by atoms with E-state index in [4.69, 9.17) is 9.47 Å². The van der Waals surface area contributed by atoms with Crippen LogP contribution >= 0.6 is 0 Å². The second-order valence-electron chi connectivity index (χ2n) is 4.08. The van der Waals surface area contributed by atoms with Crippen molar-refractivity contribution in [1.82, 2.24) is 4.98 Å². The lowest BCUT2D eigenvalue weighted by Gasteiger charge is -2.10. The van der Waals surface area contributed by atoms with Gasteiger partial charge >= 0.3 is 0 Å². The van der Waals surface area contributed by atoms with Gasteiger partial charge in [-0.25, -0.2) is 4.98 Å². The summed E-state index contributed by atoms with van der Waals surface area (Å²) in [6, 6.07) is 13.0. The average molecular weight is 243 g/mol. The van der Waals surface area contributed by atoms with Gasteiger partial charge in [0.05, 0.1) is 18.9 Å². The molecule has 1 aromatic carbocycles.